The SMILES string of the molecule is FC(F)c1cc(Br)n2nc(C3CCC3)nc2c1. The van der Waals surface area contributed by atoms with Crippen molar-refractivity contribution in [2.75, 3.05) is 0 Å². The summed E-state index contributed by atoms with van der Waals surface area (Å²) >= 11 is 3.25. The summed E-state index contributed by atoms with van der Waals surface area (Å²) in [6, 6.07) is 2.78. The van der Waals surface area contributed by atoms with E-state index in [9.17, 15) is 8.78 Å². The van der Waals surface area contributed by atoms with Crippen molar-refractivity contribution in [3.8, 4) is 0 Å². The molecule has 2 aromatic heterocycles. The molecule has 3 rings (SSSR count). The van der Waals surface area contributed by atoms with Gasteiger partial charge in [-0.2, -0.15) is 0 Å². The van der Waals surface area contributed by atoms with Crippen LogP contribution in [0.4, 0.5) is 8.78 Å². The van der Waals surface area contributed by atoms with E-state index >= 15 is 0 Å². The number of pyridine rings is 1. The maximum absolute atomic E-state index is 12.6. The van der Waals surface area contributed by atoms with Crippen LogP contribution in [-0.4, -0.2) is 14.6 Å². The average Bonchev–Trinajstić information content (AvgIpc) is 2.58. The third-order valence-electron chi connectivity index (χ3n) is 3.15. The number of aromatic nitrogens is 3. The summed E-state index contributed by atoms with van der Waals surface area (Å²) in [5, 5.41) is 4.35. The van der Waals surface area contributed by atoms with Crippen LogP contribution in [0.25, 0.3) is 5.65 Å². The maximum Gasteiger partial charge on any atom is 0.264 e. The predicted molar refractivity (Wildman–Crippen MR) is 62.2 cm³/mol. The summed E-state index contributed by atoms with van der Waals surface area (Å²) in [6.07, 6.45) is 0.899. The summed E-state index contributed by atoms with van der Waals surface area (Å²) in [7, 11) is 0. The minimum atomic E-state index is -2.49. The molecule has 90 valence electrons. The first-order valence-corrected chi connectivity index (χ1v) is 6.28. The Morgan fingerprint density at radius 1 is 1.35 bits per heavy atom. The molecule has 0 unspecified atom stereocenters. The van der Waals surface area contributed by atoms with Crippen LogP contribution in [0.1, 0.15) is 43.0 Å². The molecule has 1 aliphatic carbocycles. The van der Waals surface area contributed by atoms with E-state index in [0.29, 0.717) is 16.2 Å². The molecule has 0 amide bonds. The van der Waals surface area contributed by atoms with Crippen LogP contribution < -0.4 is 0 Å². The molecule has 0 atom stereocenters. The van der Waals surface area contributed by atoms with Gasteiger partial charge in [0.05, 0.1) is 0 Å². The van der Waals surface area contributed by atoms with Gasteiger partial charge in [-0.1, -0.05) is 6.42 Å². The molecule has 3 nitrogen and oxygen atoms in total. The van der Waals surface area contributed by atoms with Crippen molar-refractivity contribution in [1.82, 2.24) is 14.6 Å². The minimum absolute atomic E-state index is 0.0306. The highest BCUT2D eigenvalue weighted by molar-refractivity contribution is 9.10. The average molecular weight is 302 g/mol. The second-order valence-electron chi connectivity index (χ2n) is 4.28. The Kier molecular flexibility index (Phi) is 2.61. The maximum atomic E-state index is 12.6. The lowest BCUT2D eigenvalue weighted by atomic mass is 9.85. The number of rotatable bonds is 2. The van der Waals surface area contributed by atoms with Crippen LogP contribution in [0.15, 0.2) is 16.7 Å². The van der Waals surface area contributed by atoms with Gasteiger partial charge in [-0.25, -0.2) is 18.3 Å². The molecule has 2 heterocycles. The molecule has 0 aliphatic heterocycles. The fourth-order valence-electron chi connectivity index (χ4n) is 1.95. The fourth-order valence-corrected chi connectivity index (χ4v) is 2.47. The highest BCUT2D eigenvalue weighted by Crippen LogP contribution is 2.35. The Labute approximate surface area is 105 Å². The number of alkyl halides is 2. The van der Waals surface area contributed by atoms with Crippen LogP contribution >= 0.6 is 15.9 Å². The first-order chi connectivity index (χ1) is 8.15. The third kappa shape index (κ3) is 1.84. The Morgan fingerprint density at radius 3 is 2.71 bits per heavy atom. The van der Waals surface area contributed by atoms with Gasteiger partial charge in [0.25, 0.3) is 6.43 Å². The molecule has 0 N–H and O–H groups in total. The molecule has 17 heavy (non-hydrogen) atoms. The van der Waals surface area contributed by atoms with Crippen molar-refractivity contribution in [3.63, 3.8) is 0 Å². The first kappa shape index (κ1) is 11.1. The van der Waals surface area contributed by atoms with Crippen molar-refractivity contribution in [3.05, 3.63) is 28.1 Å². The minimum Gasteiger partial charge on any atom is -0.212 e. The summed E-state index contributed by atoms with van der Waals surface area (Å²) in [5.41, 5.74) is 0.452. The molecular weight excluding hydrogens is 292 g/mol. The summed E-state index contributed by atoms with van der Waals surface area (Å²) in [5.74, 6) is 1.17. The highest BCUT2D eigenvalue weighted by Gasteiger charge is 2.24. The van der Waals surface area contributed by atoms with E-state index in [-0.39, 0.29) is 5.56 Å². The van der Waals surface area contributed by atoms with Gasteiger partial charge in [-0.15, -0.1) is 5.10 Å². The summed E-state index contributed by atoms with van der Waals surface area (Å²) in [6.45, 7) is 0. The normalized spacial score (nSPS) is 16.7. The molecule has 1 aliphatic rings. The Hall–Kier alpha value is -1.04. The van der Waals surface area contributed by atoms with Crippen molar-refractivity contribution in [1.29, 1.82) is 0 Å². The Morgan fingerprint density at radius 2 is 2.12 bits per heavy atom. The third-order valence-corrected chi connectivity index (χ3v) is 3.72. The van der Waals surface area contributed by atoms with Crippen molar-refractivity contribution in [2.24, 2.45) is 0 Å². The summed E-state index contributed by atoms with van der Waals surface area (Å²) in [4.78, 5) is 4.33. The van der Waals surface area contributed by atoms with Crippen molar-refractivity contribution in [2.45, 2.75) is 31.6 Å². The quantitative estimate of drug-likeness (QED) is 0.792. The lowest BCUT2D eigenvalue weighted by Gasteiger charge is -2.21. The van der Waals surface area contributed by atoms with Crippen molar-refractivity contribution < 1.29 is 8.78 Å². The fraction of sp³-hybridized carbons (Fsp3) is 0.455. The molecule has 1 saturated carbocycles. The van der Waals surface area contributed by atoms with Gasteiger partial charge in [0.2, 0.25) is 0 Å². The van der Waals surface area contributed by atoms with Gasteiger partial charge >= 0.3 is 0 Å². The lowest BCUT2D eigenvalue weighted by Crippen LogP contribution is -2.10. The van der Waals surface area contributed by atoms with Gasteiger partial charge in [0.15, 0.2) is 11.5 Å². The molecule has 0 aromatic carbocycles. The first-order valence-electron chi connectivity index (χ1n) is 5.49. The zero-order chi connectivity index (χ0) is 12.0. The molecule has 0 saturated heterocycles. The van der Waals surface area contributed by atoms with E-state index in [2.05, 4.69) is 26.0 Å². The highest BCUT2D eigenvalue weighted by atomic mass is 79.9. The number of fused-ring (bicyclic) bond motifs is 1. The van der Waals surface area contributed by atoms with Gasteiger partial charge in [0.1, 0.15) is 4.60 Å². The molecule has 1 fully saturated rings. The van der Waals surface area contributed by atoms with Crippen LogP contribution in [0.3, 0.4) is 0 Å². The zero-order valence-corrected chi connectivity index (χ0v) is 10.5. The van der Waals surface area contributed by atoms with Crippen LogP contribution in [0, 0.1) is 0 Å². The largest absolute Gasteiger partial charge is 0.264 e. The molecule has 2 aromatic rings. The number of nitrogens with zero attached hydrogens (tertiary/aromatic N) is 3. The summed E-state index contributed by atoms with van der Waals surface area (Å²) < 4.78 is 27.4. The van der Waals surface area contributed by atoms with Crippen molar-refractivity contribution >= 4 is 21.6 Å². The Balaban J connectivity index is 2.10. The van der Waals surface area contributed by atoms with E-state index in [1.807, 2.05) is 0 Å². The van der Waals surface area contributed by atoms with Gasteiger partial charge < -0.3 is 0 Å². The van der Waals surface area contributed by atoms with E-state index in [4.69, 9.17) is 0 Å². The molecule has 0 radical (unpaired) electrons. The monoisotopic (exact) mass is 301 g/mol. The number of hydrogen-bond acceptors (Lipinski definition) is 2. The second-order valence-corrected chi connectivity index (χ2v) is 5.09. The van der Waals surface area contributed by atoms with E-state index < -0.39 is 6.43 Å². The number of hydrogen-bond donors (Lipinski definition) is 0. The van der Waals surface area contributed by atoms with Gasteiger partial charge in [0, 0.05) is 11.5 Å². The molecule has 0 bridgehead atoms. The van der Waals surface area contributed by atoms with E-state index in [1.54, 1.807) is 4.52 Å². The Bertz CT molecular complexity index is 563. The zero-order valence-electron chi connectivity index (χ0n) is 8.91. The topological polar surface area (TPSA) is 30.2 Å². The van der Waals surface area contributed by atoms with E-state index in [0.717, 1.165) is 18.7 Å². The standard InChI is InChI=1S/C11H10BrF2N3/c12-8-4-7(10(13)14)5-9-15-11(16-17(8)9)6-2-1-3-6/h4-6,10H,1-3H2. The number of halogens is 3. The van der Waals surface area contributed by atoms with Gasteiger partial charge in [-0.05, 0) is 40.9 Å². The van der Waals surface area contributed by atoms with Crippen LogP contribution in [0.2, 0.25) is 0 Å². The van der Waals surface area contributed by atoms with E-state index in [1.165, 1.54) is 18.6 Å². The lowest BCUT2D eigenvalue weighted by molar-refractivity contribution is 0.151. The molecule has 6 heteroatoms. The second kappa shape index (κ2) is 4.01. The smallest absolute Gasteiger partial charge is 0.212 e. The van der Waals surface area contributed by atoms with Crippen LogP contribution in [0.5, 0.6) is 0 Å². The van der Waals surface area contributed by atoms with Gasteiger partial charge in [-0.3, -0.25) is 0 Å². The predicted octanol–water partition coefficient (Wildman–Crippen LogP) is 3.70. The molecule has 0 spiro atoms. The van der Waals surface area contributed by atoms with Crippen LogP contribution in [-0.2, 0) is 0 Å². The molecular formula is C11H10BrF2N3.